The van der Waals surface area contributed by atoms with E-state index >= 15 is 0 Å². The maximum atomic E-state index is 12.5. The molecule has 1 aromatic heterocycles. The van der Waals surface area contributed by atoms with Gasteiger partial charge in [-0.25, -0.2) is 4.79 Å². The van der Waals surface area contributed by atoms with Gasteiger partial charge in [0.25, 0.3) is 0 Å². The quantitative estimate of drug-likeness (QED) is 0.717. The predicted octanol–water partition coefficient (Wildman–Crippen LogP) is 4.29. The molecule has 1 fully saturated rings. The molecule has 0 N–H and O–H groups in total. The zero-order chi connectivity index (χ0) is 18.0. The second-order valence-corrected chi connectivity index (χ2v) is 7.44. The zero-order valence-electron chi connectivity index (χ0n) is 13.3. The minimum atomic E-state index is -0.663. The fourth-order valence-electron chi connectivity index (χ4n) is 2.61. The van der Waals surface area contributed by atoms with E-state index in [1.807, 2.05) is 0 Å². The van der Waals surface area contributed by atoms with E-state index in [0.29, 0.717) is 27.1 Å². The van der Waals surface area contributed by atoms with Crippen molar-refractivity contribution >= 4 is 46.8 Å². The van der Waals surface area contributed by atoms with E-state index in [4.69, 9.17) is 32.4 Å². The third-order valence-electron chi connectivity index (χ3n) is 3.81. The molecule has 1 aliphatic rings. The first-order valence-electron chi connectivity index (χ1n) is 7.52. The molecule has 1 amide bonds. The molecule has 2 aromatic rings. The van der Waals surface area contributed by atoms with Gasteiger partial charge in [0, 0.05) is 28.3 Å². The summed E-state index contributed by atoms with van der Waals surface area (Å²) in [5.74, 6) is 0.398. The van der Waals surface area contributed by atoms with Crippen LogP contribution in [0.25, 0.3) is 0 Å². The van der Waals surface area contributed by atoms with Crippen molar-refractivity contribution in [2.45, 2.75) is 24.9 Å². The molecular weight excluding hydrogens is 385 g/mol. The number of benzene rings is 1. The molecule has 1 aliphatic heterocycles. The van der Waals surface area contributed by atoms with Gasteiger partial charge in [-0.15, -0.1) is 11.8 Å². The third-order valence-corrected chi connectivity index (χ3v) is 5.68. The Bertz CT molecular complexity index is 781. The van der Waals surface area contributed by atoms with Gasteiger partial charge in [0.2, 0.25) is 5.91 Å². The van der Waals surface area contributed by atoms with E-state index < -0.39 is 12.0 Å². The van der Waals surface area contributed by atoms with Crippen LogP contribution in [-0.4, -0.2) is 28.6 Å². The molecule has 0 saturated carbocycles. The van der Waals surface area contributed by atoms with Crippen molar-refractivity contribution in [3.63, 3.8) is 0 Å². The van der Waals surface area contributed by atoms with Crippen LogP contribution in [0.5, 0.6) is 0 Å². The summed E-state index contributed by atoms with van der Waals surface area (Å²) in [5, 5.41) is 0.610. The standard InChI is InChI=1S/C17H15Cl2NO4S/c1-10(21)20-14(9-25-16(20)15-3-2-6-23-15)17(22)24-8-11-4-5-12(18)7-13(11)19/h2-7,14,16H,8-9H2,1H3/t14-,16+/m0/s1. The highest BCUT2D eigenvalue weighted by atomic mass is 35.5. The first kappa shape index (κ1) is 18.2. The number of hydrogen-bond donors (Lipinski definition) is 0. The lowest BCUT2D eigenvalue weighted by atomic mass is 10.2. The van der Waals surface area contributed by atoms with E-state index in [1.165, 1.54) is 23.6 Å². The highest BCUT2D eigenvalue weighted by Crippen LogP contribution is 2.41. The lowest BCUT2D eigenvalue weighted by Crippen LogP contribution is -2.42. The molecular formula is C17H15Cl2NO4S. The maximum absolute atomic E-state index is 12.5. The van der Waals surface area contributed by atoms with Crippen LogP contribution in [0.2, 0.25) is 10.0 Å². The van der Waals surface area contributed by atoms with Gasteiger partial charge in [0.1, 0.15) is 23.8 Å². The topological polar surface area (TPSA) is 59.8 Å². The summed E-state index contributed by atoms with van der Waals surface area (Å²) in [4.78, 5) is 26.1. The van der Waals surface area contributed by atoms with Gasteiger partial charge in [-0.1, -0.05) is 29.3 Å². The van der Waals surface area contributed by atoms with E-state index in [2.05, 4.69) is 0 Å². The van der Waals surface area contributed by atoms with Crippen LogP contribution < -0.4 is 0 Å². The van der Waals surface area contributed by atoms with Gasteiger partial charge in [-0.05, 0) is 24.3 Å². The van der Waals surface area contributed by atoms with Crippen molar-refractivity contribution in [3.05, 3.63) is 58.0 Å². The molecule has 2 atom stereocenters. The molecule has 132 valence electrons. The van der Waals surface area contributed by atoms with Crippen LogP contribution in [0, 0.1) is 0 Å². The molecule has 0 spiro atoms. The summed E-state index contributed by atoms with van der Waals surface area (Å²) in [5.41, 5.74) is 0.655. The van der Waals surface area contributed by atoms with Crippen molar-refractivity contribution < 1.29 is 18.7 Å². The fourth-order valence-corrected chi connectivity index (χ4v) is 4.49. The first-order chi connectivity index (χ1) is 12.0. The number of halogens is 2. The highest BCUT2D eigenvalue weighted by Gasteiger charge is 2.43. The number of hydrogen-bond acceptors (Lipinski definition) is 5. The molecule has 1 saturated heterocycles. The van der Waals surface area contributed by atoms with E-state index in [0.717, 1.165) is 0 Å². The largest absolute Gasteiger partial charge is 0.466 e. The zero-order valence-corrected chi connectivity index (χ0v) is 15.6. The number of carbonyl (C=O) groups excluding carboxylic acids is 2. The minimum absolute atomic E-state index is 0.0210. The monoisotopic (exact) mass is 399 g/mol. The number of rotatable bonds is 4. The molecule has 0 radical (unpaired) electrons. The fraction of sp³-hybridized carbons (Fsp3) is 0.294. The predicted molar refractivity (Wildman–Crippen MR) is 96.5 cm³/mol. The SMILES string of the molecule is CC(=O)N1[C@@H](c2ccco2)SC[C@H]1C(=O)OCc1ccc(Cl)cc1Cl. The summed E-state index contributed by atoms with van der Waals surface area (Å²) >= 11 is 13.4. The van der Waals surface area contributed by atoms with Crippen molar-refractivity contribution in [1.82, 2.24) is 4.90 Å². The maximum Gasteiger partial charge on any atom is 0.330 e. The minimum Gasteiger partial charge on any atom is -0.466 e. The van der Waals surface area contributed by atoms with E-state index in [-0.39, 0.29) is 17.9 Å². The number of carbonyl (C=O) groups is 2. The Hall–Kier alpha value is -1.63. The summed E-state index contributed by atoms with van der Waals surface area (Å²) < 4.78 is 10.8. The number of thioether (sulfide) groups is 1. The molecule has 0 aliphatic carbocycles. The third kappa shape index (κ3) is 3.97. The van der Waals surface area contributed by atoms with Gasteiger partial charge < -0.3 is 14.1 Å². The Labute approximate surface area is 159 Å². The summed E-state index contributed by atoms with van der Waals surface area (Å²) in [6, 6.07) is 7.85. The van der Waals surface area contributed by atoms with E-state index in [9.17, 15) is 9.59 Å². The number of ether oxygens (including phenoxy) is 1. The van der Waals surface area contributed by atoms with Crippen LogP contribution in [0.15, 0.2) is 41.0 Å². The van der Waals surface area contributed by atoms with Crippen molar-refractivity contribution in [1.29, 1.82) is 0 Å². The second-order valence-electron chi connectivity index (χ2n) is 5.49. The molecule has 5 nitrogen and oxygen atoms in total. The second kappa shape index (κ2) is 7.72. The van der Waals surface area contributed by atoms with Crippen LogP contribution in [0.1, 0.15) is 23.6 Å². The summed E-state index contributed by atoms with van der Waals surface area (Å²) in [6.45, 7) is 1.45. The van der Waals surface area contributed by atoms with Gasteiger partial charge in [0.05, 0.1) is 6.26 Å². The van der Waals surface area contributed by atoms with Crippen molar-refractivity contribution in [2.24, 2.45) is 0 Å². The average Bonchev–Trinajstić information content (AvgIpc) is 3.22. The Morgan fingerprint density at radius 1 is 1.36 bits per heavy atom. The highest BCUT2D eigenvalue weighted by molar-refractivity contribution is 7.99. The summed E-state index contributed by atoms with van der Waals surface area (Å²) in [6.07, 6.45) is 1.54. The average molecular weight is 400 g/mol. The van der Waals surface area contributed by atoms with Gasteiger partial charge >= 0.3 is 5.97 Å². The van der Waals surface area contributed by atoms with Crippen LogP contribution in [0.4, 0.5) is 0 Å². The number of amides is 1. The Morgan fingerprint density at radius 3 is 2.80 bits per heavy atom. The molecule has 1 aromatic carbocycles. The van der Waals surface area contributed by atoms with Gasteiger partial charge in [-0.3, -0.25) is 4.79 Å². The molecule has 0 unspecified atom stereocenters. The van der Waals surface area contributed by atoms with Crippen LogP contribution in [0.3, 0.4) is 0 Å². The van der Waals surface area contributed by atoms with Crippen LogP contribution >= 0.6 is 35.0 Å². The smallest absolute Gasteiger partial charge is 0.330 e. The van der Waals surface area contributed by atoms with Gasteiger partial charge in [0.15, 0.2) is 0 Å². The van der Waals surface area contributed by atoms with Crippen molar-refractivity contribution in [2.75, 3.05) is 5.75 Å². The molecule has 2 heterocycles. The number of nitrogens with zero attached hydrogens (tertiary/aromatic N) is 1. The lowest BCUT2D eigenvalue weighted by molar-refractivity contribution is -0.154. The Kier molecular flexibility index (Phi) is 5.61. The summed E-state index contributed by atoms with van der Waals surface area (Å²) in [7, 11) is 0. The normalized spacial score (nSPS) is 19.9. The molecule has 0 bridgehead atoms. The Morgan fingerprint density at radius 2 is 2.16 bits per heavy atom. The molecule has 3 rings (SSSR count). The molecule has 8 heteroatoms. The van der Waals surface area contributed by atoms with Crippen LogP contribution in [-0.2, 0) is 20.9 Å². The Balaban J connectivity index is 1.69. The van der Waals surface area contributed by atoms with Crippen molar-refractivity contribution in [3.8, 4) is 0 Å². The number of furan rings is 1. The van der Waals surface area contributed by atoms with Gasteiger partial charge in [-0.2, -0.15) is 0 Å². The first-order valence-corrected chi connectivity index (χ1v) is 9.32. The molecule has 25 heavy (non-hydrogen) atoms. The number of esters is 1. The van der Waals surface area contributed by atoms with E-state index in [1.54, 1.807) is 36.6 Å². The lowest BCUT2D eigenvalue weighted by Gasteiger charge is -2.25.